The number of phenols is 1. The molecule has 0 unspecified atom stereocenters. The number of fused-ring (bicyclic) bond motifs is 2. The third kappa shape index (κ3) is 4.65. The number of aromatic hydroxyl groups is 1. The molecule has 2 N–H and O–H groups in total. The van der Waals surface area contributed by atoms with Crippen LogP contribution in [0.15, 0.2) is 102 Å². The topological polar surface area (TPSA) is 88.0 Å². The number of rotatable bonds is 5. The van der Waals surface area contributed by atoms with Crippen LogP contribution >= 0.6 is 0 Å². The van der Waals surface area contributed by atoms with Crippen molar-refractivity contribution in [3.63, 3.8) is 0 Å². The van der Waals surface area contributed by atoms with Gasteiger partial charge in [0.1, 0.15) is 11.5 Å². The molecule has 0 aliphatic rings. The minimum absolute atomic E-state index is 0.106. The van der Waals surface area contributed by atoms with E-state index in [9.17, 15) is 14.7 Å². The molecule has 1 amide bonds. The Morgan fingerprint density at radius 2 is 1.56 bits per heavy atom. The molecule has 0 aliphatic carbocycles. The van der Waals surface area contributed by atoms with E-state index in [1.165, 1.54) is 6.21 Å². The number of nitrogens with one attached hydrogen (secondary N) is 1. The minimum atomic E-state index is -0.562. The van der Waals surface area contributed by atoms with E-state index < -0.39 is 11.9 Å². The van der Waals surface area contributed by atoms with Gasteiger partial charge in [-0.25, -0.2) is 10.2 Å². The lowest BCUT2D eigenvalue weighted by atomic mass is 10.0. The van der Waals surface area contributed by atoms with Gasteiger partial charge in [-0.05, 0) is 58.8 Å². The summed E-state index contributed by atoms with van der Waals surface area (Å²) in [6.07, 6.45) is 1.44. The summed E-state index contributed by atoms with van der Waals surface area (Å²) in [6, 6.07) is 28.9. The van der Waals surface area contributed by atoms with Crippen LogP contribution < -0.4 is 10.2 Å². The number of phenolic OH excluding ortho intramolecular Hbond substituents is 1. The summed E-state index contributed by atoms with van der Waals surface area (Å²) in [5.41, 5.74) is 4.50. The Hall–Kier alpha value is -4.97. The van der Waals surface area contributed by atoms with Crippen LogP contribution in [0, 0.1) is 6.92 Å². The van der Waals surface area contributed by atoms with E-state index in [4.69, 9.17) is 4.74 Å². The summed E-state index contributed by atoms with van der Waals surface area (Å²) < 4.78 is 5.72. The highest BCUT2D eigenvalue weighted by atomic mass is 16.5. The van der Waals surface area contributed by atoms with E-state index in [0.29, 0.717) is 16.9 Å². The minimum Gasteiger partial charge on any atom is -0.507 e. The van der Waals surface area contributed by atoms with Crippen LogP contribution in [0.3, 0.4) is 0 Å². The maximum Gasteiger partial charge on any atom is 0.343 e. The molecule has 36 heavy (non-hydrogen) atoms. The molecule has 0 fully saturated rings. The number of aryl methyl sites for hydroxylation is 1. The maximum absolute atomic E-state index is 12.8. The average Bonchev–Trinajstić information content (AvgIpc) is 2.89. The average molecular weight is 475 g/mol. The highest BCUT2D eigenvalue weighted by Crippen LogP contribution is 2.28. The number of ether oxygens (including phenoxy) is 1. The standard InChI is InChI=1S/C30H22N2O4/c1-19-7-6-11-23(15-19)30(35)36-28-14-13-20-8-4-5-12-24(20)26(28)18-31-32-29(34)25-16-21-9-2-3-10-22(21)17-27(25)33/h2-18,33H,1H3,(H,32,34)/b31-18-. The van der Waals surface area contributed by atoms with Gasteiger partial charge in [-0.1, -0.05) is 72.3 Å². The number of nitrogens with zero attached hydrogens (tertiary/aromatic N) is 1. The molecule has 6 nitrogen and oxygen atoms in total. The fraction of sp³-hybridized carbons (Fsp3) is 0.0333. The second kappa shape index (κ2) is 9.72. The predicted molar refractivity (Wildman–Crippen MR) is 141 cm³/mol. The molecule has 0 aromatic heterocycles. The zero-order valence-electron chi connectivity index (χ0n) is 19.4. The first-order chi connectivity index (χ1) is 17.5. The number of hydrazone groups is 1. The molecule has 176 valence electrons. The van der Waals surface area contributed by atoms with Crippen LogP contribution in [0.5, 0.6) is 11.5 Å². The van der Waals surface area contributed by atoms with Crippen LogP contribution in [-0.2, 0) is 0 Å². The van der Waals surface area contributed by atoms with Gasteiger partial charge in [0, 0.05) is 5.56 Å². The number of esters is 1. The number of amides is 1. The summed E-state index contributed by atoms with van der Waals surface area (Å²) in [5, 5.41) is 17.8. The molecular weight excluding hydrogens is 452 g/mol. The van der Waals surface area contributed by atoms with Crippen molar-refractivity contribution in [3.05, 3.63) is 119 Å². The fourth-order valence-electron chi connectivity index (χ4n) is 4.05. The van der Waals surface area contributed by atoms with Crippen molar-refractivity contribution in [2.45, 2.75) is 6.92 Å². The van der Waals surface area contributed by atoms with Crippen molar-refractivity contribution in [1.82, 2.24) is 5.43 Å². The molecule has 0 atom stereocenters. The molecular formula is C30H22N2O4. The monoisotopic (exact) mass is 474 g/mol. The molecule has 0 saturated carbocycles. The van der Waals surface area contributed by atoms with Gasteiger partial charge < -0.3 is 9.84 Å². The van der Waals surface area contributed by atoms with Crippen molar-refractivity contribution in [1.29, 1.82) is 0 Å². The first kappa shape index (κ1) is 22.8. The van der Waals surface area contributed by atoms with E-state index in [1.807, 2.05) is 67.6 Å². The van der Waals surface area contributed by atoms with Crippen LogP contribution in [0.25, 0.3) is 21.5 Å². The van der Waals surface area contributed by atoms with Gasteiger partial charge in [-0.15, -0.1) is 0 Å². The number of hydrogen-bond acceptors (Lipinski definition) is 5. The van der Waals surface area contributed by atoms with Crippen molar-refractivity contribution in [3.8, 4) is 11.5 Å². The lowest BCUT2D eigenvalue weighted by Gasteiger charge is -2.11. The number of benzene rings is 5. The first-order valence-electron chi connectivity index (χ1n) is 11.4. The lowest BCUT2D eigenvalue weighted by Crippen LogP contribution is -2.18. The van der Waals surface area contributed by atoms with Gasteiger partial charge in [-0.3, -0.25) is 4.79 Å². The van der Waals surface area contributed by atoms with E-state index in [1.54, 1.807) is 36.4 Å². The van der Waals surface area contributed by atoms with Gasteiger partial charge in [0.25, 0.3) is 5.91 Å². The van der Waals surface area contributed by atoms with E-state index in [2.05, 4.69) is 10.5 Å². The Bertz CT molecular complexity index is 1660. The predicted octanol–water partition coefficient (Wildman–Crippen LogP) is 5.99. The Balaban J connectivity index is 1.44. The summed E-state index contributed by atoms with van der Waals surface area (Å²) in [5.74, 6) is -0.882. The number of carbonyl (C=O) groups is 2. The Morgan fingerprint density at radius 1 is 0.833 bits per heavy atom. The zero-order valence-corrected chi connectivity index (χ0v) is 19.4. The summed E-state index contributed by atoms with van der Waals surface area (Å²) in [6.45, 7) is 1.90. The van der Waals surface area contributed by atoms with E-state index >= 15 is 0 Å². The Kier molecular flexibility index (Phi) is 6.16. The molecule has 5 rings (SSSR count). The van der Waals surface area contributed by atoms with Crippen molar-refractivity contribution < 1.29 is 19.4 Å². The molecule has 5 aromatic rings. The Labute approximate surface area is 207 Å². The van der Waals surface area contributed by atoms with Crippen LogP contribution in [0.1, 0.15) is 31.8 Å². The lowest BCUT2D eigenvalue weighted by molar-refractivity contribution is 0.0734. The van der Waals surface area contributed by atoms with E-state index in [0.717, 1.165) is 27.1 Å². The molecule has 5 aromatic carbocycles. The second-order valence-electron chi connectivity index (χ2n) is 8.37. The quantitative estimate of drug-likeness (QED) is 0.142. The first-order valence-corrected chi connectivity index (χ1v) is 11.4. The third-order valence-corrected chi connectivity index (χ3v) is 5.86. The van der Waals surface area contributed by atoms with Gasteiger partial charge in [0.2, 0.25) is 0 Å². The van der Waals surface area contributed by atoms with E-state index in [-0.39, 0.29) is 11.3 Å². The largest absolute Gasteiger partial charge is 0.507 e. The molecule has 0 saturated heterocycles. The summed E-state index contributed by atoms with van der Waals surface area (Å²) >= 11 is 0. The molecule has 6 heteroatoms. The maximum atomic E-state index is 12.8. The molecule has 0 spiro atoms. The van der Waals surface area contributed by atoms with Crippen LogP contribution in [0.4, 0.5) is 0 Å². The number of hydrogen-bond donors (Lipinski definition) is 2. The summed E-state index contributed by atoms with van der Waals surface area (Å²) in [4.78, 5) is 25.6. The second-order valence-corrected chi connectivity index (χ2v) is 8.37. The van der Waals surface area contributed by atoms with Crippen LogP contribution in [0.2, 0.25) is 0 Å². The van der Waals surface area contributed by atoms with Gasteiger partial charge in [-0.2, -0.15) is 5.10 Å². The number of carbonyl (C=O) groups excluding carboxylic acids is 2. The van der Waals surface area contributed by atoms with Crippen molar-refractivity contribution >= 4 is 39.6 Å². The zero-order chi connectivity index (χ0) is 25.1. The Morgan fingerprint density at radius 3 is 2.33 bits per heavy atom. The highest BCUT2D eigenvalue weighted by molar-refractivity contribution is 6.05. The van der Waals surface area contributed by atoms with Crippen LogP contribution in [-0.4, -0.2) is 23.2 Å². The normalized spacial score (nSPS) is 11.1. The smallest absolute Gasteiger partial charge is 0.343 e. The van der Waals surface area contributed by atoms with Gasteiger partial charge >= 0.3 is 5.97 Å². The molecule has 0 aliphatic heterocycles. The van der Waals surface area contributed by atoms with Gasteiger partial charge in [0.15, 0.2) is 0 Å². The van der Waals surface area contributed by atoms with Crippen molar-refractivity contribution in [2.24, 2.45) is 5.10 Å². The van der Waals surface area contributed by atoms with Gasteiger partial charge in [0.05, 0.1) is 17.3 Å². The van der Waals surface area contributed by atoms with Crippen molar-refractivity contribution in [2.75, 3.05) is 0 Å². The summed E-state index contributed by atoms with van der Waals surface area (Å²) in [7, 11) is 0. The fourth-order valence-corrected chi connectivity index (χ4v) is 4.05. The molecule has 0 radical (unpaired) electrons. The third-order valence-electron chi connectivity index (χ3n) is 5.86. The SMILES string of the molecule is Cc1cccc(C(=O)Oc2ccc3ccccc3c2/C=N\NC(=O)c2cc3ccccc3cc2O)c1. The molecule has 0 bridgehead atoms. The molecule has 0 heterocycles. The highest BCUT2D eigenvalue weighted by Gasteiger charge is 2.15.